The first kappa shape index (κ1) is 9.93. The van der Waals surface area contributed by atoms with Gasteiger partial charge < -0.3 is 5.73 Å². The van der Waals surface area contributed by atoms with Crippen LogP contribution in [0.2, 0.25) is 0 Å². The van der Waals surface area contributed by atoms with Gasteiger partial charge in [-0.15, -0.1) is 6.58 Å². The average Bonchev–Trinajstić information content (AvgIpc) is 2.65. The third kappa shape index (κ3) is 1.78. The monoisotopic (exact) mass is 201 g/mol. The minimum absolute atomic E-state index is 0.488. The van der Waals surface area contributed by atoms with Crippen LogP contribution in [0.25, 0.3) is 10.9 Å². The summed E-state index contributed by atoms with van der Waals surface area (Å²) in [5.41, 5.74) is 7.78. The predicted molar refractivity (Wildman–Crippen MR) is 62.4 cm³/mol. The summed E-state index contributed by atoms with van der Waals surface area (Å²) in [5.74, 6) is 0. The summed E-state index contributed by atoms with van der Waals surface area (Å²) in [6, 6.07) is 8.18. The summed E-state index contributed by atoms with van der Waals surface area (Å²) in [6.45, 7) is 5.07. The maximum absolute atomic E-state index is 5.66. The van der Waals surface area contributed by atoms with Crippen molar-refractivity contribution in [3.63, 3.8) is 0 Å². The lowest BCUT2D eigenvalue weighted by Crippen LogP contribution is -2.02. The molecule has 78 valence electrons. The van der Waals surface area contributed by atoms with Crippen molar-refractivity contribution >= 4 is 10.9 Å². The topological polar surface area (TPSA) is 43.8 Å². The van der Waals surface area contributed by atoms with Gasteiger partial charge in [0.15, 0.2) is 0 Å². The Labute approximate surface area is 89.2 Å². The number of hydrogen-bond donors (Lipinski definition) is 1. The van der Waals surface area contributed by atoms with Crippen LogP contribution in [0.4, 0.5) is 0 Å². The van der Waals surface area contributed by atoms with E-state index in [2.05, 4.69) is 23.8 Å². The molecule has 3 nitrogen and oxygen atoms in total. The zero-order valence-electron chi connectivity index (χ0n) is 8.69. The van der Waals surface area contributed by atoms with Gasteiger partial charge >= 0.3 is 0 Å². The van der Waals surface area contributed by atoms with Crippen LogP contribution in [0, 0.1) is 0 Å². The lowest BCUT2D eigenvalue weighted by molar-refractivity contribution is 0.634. The Morgan fingerprint density at radius 1 is 1.40 bits per heavy atom. The molecule has 2 N–H and O–H groups in total. The molecule has 15 heavy (non-hydrogen) atoms. The molecule has 1 heterocycles. The van der Waals surface area contributed by atoms with Gasteiger partial charge in [0.1, 0.15) is 0 Å². The molecule has 0 amide bonds. The van der Waals surface area contributed by atoms with E-state index in [4.69, 9.17) is 5.73 Å². The minimum Gasteiger partial charge on any atom is -0.325 e. The Bertz CT molecular complexity index is 471. The smallest absolute Gasteiger partial charge is 0.0838 e. The number of benzene rings is 1. The van der Waals surface area contributed by atoms with Crippen LogP contribution >= 0.6 is 0 Å². The lowest BCUT2D eigenvalue weighted by atomic mass is 10.2. The Morgan fingerprint density at radius 3 is 2.93 bits per heavy atom. The predicted octanol–water partition coefficient (Wildman–Crippen LogP) is 2.07. The molecule has 0 unspecified atom stereocenters. The molecule has 0 aliphatic carbocycles. The van der Waals surface area contributed by atoms with Gasteiger partial charge in [-0.25, -0.2) is 0 Å². The second-order valence-electron chi connectivity index (χ2n) is 3.47. The Morgan fingerprint density at radius 2 is 2.20 bits per heavy atom. The van der Waals surface area contributed by atoms with Gasteiger partial charge in [-0.05, 0) is 12.5 Å². The molecule has 0 radical (unpaired) electrons. The SMILES string of the molecule is C=CCCn1nc(CN)c2ccccc21. The fourth-order valence-electron chi connectivity index (χ4n) is 1.73. The van der Waals surface area contributed by atoms with E-state index in [1.54, 1.807) is 0 Å². The first-order valence-electron chi connectivity index (χ1n) is 5.12. The van der Waals surface area contributed by atoms with Crippen molar-refractivity contribution in [3.05, 3.63) is 42.6 Å². The zero-order valence-corrected chi connectivity index (χ0v) is 8.69. The van der Waals surface area contributed by atoms with Gasteiger partial charge in [0.05, 0.1) is 11.2 Å². The van der Waals surface area contributed by atoms with E-state index in [1.165, 1.54) is 0 Å². The van der Waals surface area contributed by atoms with E-state index < -0.39 is 0 Å². The quantitative estimate of drug-likeness (QED) is 0.769. The molecule has 1 aromatic heterocycles. The Kier molecular flexibility index (Phi) is 2.83. The van der Waals surface area contributed by atoms with E-state index in [0.29, 0.717) is 6.54 Å². The zero-order chi connectivity index (χ0) is 10.7. The van der Waals surface area contributed by atoms with Crippen LogP contribution in [0.3, 0.4) is 0 Å². The number of rotatable bonds is 4. The normalized spacial score (nSPS) is 10.7. The van der Waals surface area contributed by atoms with Crippen LogP contribution in [0.1, 0.15) is 12.1 Å². The van der Waals surface area contributed by atoms with Crippen molar-refractivity contribution in [2.24, 2.45) is 5.73 Å². The van der Waals surface area contributed by atoms with Gasteiger partial charge in [0, 0.05) is 18.5 Å². The van der Waals surface area contributed by atoms with Crippen molar-refractivity contribution in [1.29, 1.82) is 0 Å². The largest absolute Gasteiger partial charge is 0.325 e. The molecule has 2 rings (SSSR count). The van der Waals surface area contributed by atoms with Crippen LogP contribution < -0.4 is 5.73 Å². The molecule has 0 bridgehead atoms. The van der Waals surface area contributed by atoms with Crippen molar-refractivity contribution in [2.75, 3.05) is 0 Å². The van der Waals surface area contributed by atoms with Gasteiger partial charge in [-0.3, -0.25) is 4.68 Å². The molecular weight excluding hydrogens is 186 g/mol. The number of aryl methyl sites for hydroxylation is 1. The van der Waals surface area contributed by atoms with E-state index in [9.17, 15) is 0 Å². The molecule has 1 aromatic carbocycles. The summed E-state index contributed by atoms with van der Waals surface area (Å²) in [4.78, 5) is 0. The van der Waals surface area contributed by atoms with E-state index >= 15 is 0 Å². The number of fused-ring (bicyclic) bond motifs is 1. The number of nitrogens with zero attached hydrogens (tertiary/aromatic N) is 2. The number of para-hydroxylation sites is 1. The summed E-state index contributed by atoms with van der Waals surface area (Å²) >= 11 is 0. The molecule has 3 heteroatoms. The third-order valence-corrected chi connectivity index (χ3v) is 2.47. The fourth-order valence-corrected chi connectivity index (χ4v) is 1.73. The van der Waals surface area contributed by atoms with E-state index in [1.807, 2.05) is 22.9 Å². The summed E-state index contributed by atoms with van der Waals surface area (Å²) in [6.07, 6.45) is 2.83. The molecule has 0 aliphatic rings. The third-order valence-electron chi connectivity index (χ3n) is 2.47. The van der Waals surface area contributed by atoms with Gasteiger partial charge in [0.2, 0.25) is 0 Å². The second-order valence-corrected chi connectivity index (χ2v) is 3.47. The first-order valence-corrected chi connectivity index (χ1v) is 5.12. The van der Waals surface area contributed by atoms with Crippen LogP contribution in [0.5, 0.6) is 0 Å². The maximum Gasteiger partial charge on any atom is 0.0838 e. The maximum atomic E-state index is 5.66. The second kappa shape index (κ2) is 4.28. The van der Waals surface area contributed by atoms with Crippen LogP contribution in [-0.2, 0) is 13.1 Å². The Hall–Kier alpha value is -1.61. The van der Waals surface area contributed by atoms with Crippen molar-refractivity contribution < 1.29 is 0 Å². The lowest BCUT2D eigenvalue weighted by Gasteiger charge is -1.99. The summed E-state index contributed by atoms with van der Waals surface area (Å²) < 4.78 is 2.00. The molecule has 0 spiro atoms. The highest BCUT2D eigenvalue weighted by Gasteiger charge is 2.07. The van der Waals surface area contributed by atoms with E-state index in [-0.39, 0.29) is 0 Å². The van der Waals surface area contributed by atoms with E-state index in [0.717, 1.165) is 29.6 Å². The highest BCUT2D eigenvalue weighted by atomic mass is 15.3. The minimum atomic E-state index is 0.488. The summed E-state index contributed by atoms with van der Waals surface area (Å²) in [5, 5.41) is 5.65. The molecule has 0 aliphatic heterocycles. The molecule has 0 saturated carbocycles. The molecule has 0 saturated heterocycles. The summed E-state index contributed by atoms with van der Waals surface area (Å²) in [7, 11) is 0. The molecule has 2 aromatic rings. The van der Waals surface area contributed by atoms with Gasteiger partial charge in [-0.1, -0.05) is 24.3 Å². The highest BCUT2D eigenvalue weighted by molar-refractivity contribution is 5.81. The fraction of sp³-hybridized carbons (Fsp3) is 0.250. The molecular formula is C12H15N3. The number of hydrogen-bond acceptors (Lipinski definition) is 2. The van der Waals surface area contributed by atoms with Crippen molar-refractivity contribution in [1.82, 2.24) is 9.78 Å². The van der Waals surface area contributed by atoms with Gasteiger partial charge in [-0.2, -0.15) is 5.10 Å². The number of aromatic nitrogens is 2. The molecule has 0 fully saturated rings. The number of nitrogens with two attached hydrogens (primary N) is 1. The Balaban J connectivity index is 2.49. The average molecular weight is 201 g/mol. The highest BCUT2D eigenvalue weighted by Crippen LogP contribution is 2.18. The van der Waals surface area contributed by atoms with Crippen molar-refractivity contribution in [2.45, 2.75) is 19.5 Å². The van der Waals surface area contributed by atoms with Gasteiger partial charge in [0.25, 0.3) is 0 Å². The van der Waals surface area contributed by atoms with Crippen LogP contribution in [0.15, 0.2) is 36.9 Å². The molecule has 0 atom stereocenters. The standard InChI is InChI=1S/C12H15N3/c1-2-3-8-15-12-7-5-4-6-10(12)11(9-13)14-15/h2,4-7H,1,3,8-9,13H2. The number of allylic oxidation sites excluding steroid dienone is 1. The van der Waals surface area contributed by atoms with Crippen LogP contribution in [-0.4, -0.2) is 9.78 Å². The first-order chi connectivity index (χ1) is 7.36. The van der Waals surface area contributed by atoms with Crippen molar-refractivity contribution in [3.8, 4) is 0 Å².